The average molecular weight is 337 g/mol. The molecule has 130 valence electrons. The third-order valence-electron chi connectivity index (χ3n) is 4.79. The number of hydrogen-bond acceptors (Lipinski definition) is 5. The molecular formula is C19H23N5O. The molecule has 1 saturated heterocycles. The van der Waals surface area contributed by atoms with Gasteiger partial charge in [-0.25, -0.2) is 9.97 Å². The molecule has 25 heavy (non-hydrogen) atoms. The van der Waals surface area contributed by atoms with E-state index in [4.69, 9.17) is 9.97 Å². The van der Waals surface area contributed by atoms with Crippen LogP contribution in [-0.2, 0) is 19.9 Å². The van der Waals surface area contributed by atoms with Crippen LogP contribution in [0.25, 0.3) is 11.0 Å². The lowest BCUT2D eigenvalue weighted by molar-refractivity contribution is 0.154. The first-order chi connectivity index (χ1) is 12.2. The van der Waals surface area contributed by atoms with Crippen LogP contribution in [0.2, 0.25) is 0 Å². The predicted molar refractivity (Wildman–Crippen MR) is 97.6 cm³/mol. The van der Waals surface area contributed by atoms with Crippen LogP contribution in [0.4, 0.5) is 5.82 Å². The van der Waals surface area contributed by atoms with Crippen LogP contribution in [0.1, 0.15) is 24.2 Å². The molecule has 0 bridgehead atoms. The molecule has 0 amide bonds. The summed E-state index contributed by atoms with van der Waals surface area (Å²) >= 11 is 0. The number of piperidine rings is 1. The molecule has 0 unspecified atom stereocenters. The minimum Gasteiger partial charge on any atom is -0.391 e. The van der Waals surface area contributed by atoms with Crippen LogP contribution >= 0.6 is 0 Å². The van der Waals surface area contributed by atoms with E-state index in [9.17, 15) is 5.11 Å². The molecule has 1 fully saturated rings. The predicted octanol–water partition coefficient (Wildman–Crippen LogP) is 2.11. The summed E-state index contributed by atoms with van der Waals surface area (Å²) in [5, 5.41) is 15.3. The summed E-state index contributed by atoms with van der Waals surface area (Å²) in [4.78, 5) is 11.7. The van der Waals surface area contributed by atoms with Crippen molar-refractivity contribution in [2.45, 2.75) is 31.8 Å². The Labute approximate surface area is 147 Å². The quantitative estimate of drug-likeness (QED) is 0.790. The highest BCUT2D eigenvalue weighted by Gasteiger charge is 2.22. The van der Waals surface area contributed by atoms with E-state index in [2.05, 4.69) is 34.3 Å². The van der Waals surface area contributed by atoms with Gasteiger partial charge in [-0.1, -0.05) is 30.3 Å². The number of aliphatic hydroxyl groups excluding tert-OH is 1. The van der Waals surface area contributed by atoms with E-state index in [1.54, 1.807) is 4.68 Å². The van der Waals surface area contributed by atoms with Gasteiger partial charge in [0, 0.05) is 26.6 Å². The second-order valence-electron chi connectivity index (χ2n) is 6.70. The third kappa shape index (κ3) is 3.35. The molecule has 0 aliphatic carbocycles. The maximum atomic E-state index is 10.0. The molecule has 0 saturated carbocycles. The van der Waals surface area contributed by atoms with Crippen molar-refractivity contribution < 1.29 is 5.11 Å². The highest BCUT2D eigenvalue weighted by molar-refractivity contribution is 5.87. The fourth-order valence-corrected chi connectivity index (χ4v) is 3.45. The lowest BCUT2D eigenvalue weighted by Crippen LogP contribution is -2.39. The number of nitrogens with zero attached hydrogens (tertiary/aromatic N) is 5. The van der Waals surface area contributed by atoms with Crippen molar-refractivity contribution in [1.82, 2.24) is 19.7 Å². The van der Waals surface area contributed by atoms with E-state index in [1.165, 1.54) is 5.56 Å². The van der Waals surface area contributed by atoms with Crippen LogP contribution in [0, 0.1) is 0 Å². The summed E-state index contributed by atoms with van der Waals surface area (Å²) in [7, 11) is 1.91. The smallest absolute Gasteiger partial charge is 0.163 e. The number of rotatable bonds is 4. The number of fused-ring (bicyclic) bond motifs is 1. The van der Waals surface area contributed by atoms with Crippen molar-refractivity contribution in [1.29, 1.82) is 0 Å². The molecule has 1 atom stereocenters. The summed E-state index contributed by atoms with van der Waals surface area (Å²) in [5.41, 5.74) is 2.14. The van der Waals surface area contributed by atoms with Crippen LogP contribution in [0.3, 0.4) is 0 Å². The summed E-state index contributed by atoms with van der Waals surface area (Å²) in [6.07, 6.45) is 5.07. The van der Waals surface area contributed by atoms with Crippen LogP contribution in [0.15, 0.2) is 36.5 Å². The van der Waals surface area contributed by atoms with Gasteiger partial charge in [-0.15, -0.1) is 0 Å². The first-order valence-corrected chi connectivity index (χ1v) is 8.86. The van der Waals surface area contributed by atoms with Gasteiger partial charge in [-0.2, -0.15) is 5.10 Å². The van der Waals surface area contributed by atoms with Gasteiger partial charge in [0.1, 0.15) is 11.6 Å². The Kier molecular flexibility index (Phi) is 4.36. The lowest BCUT2D eigenvalue weighted by atomic mass is 10.1. The van der Waals surface area contributed by atoms with Gasteiger partial charge in [-0.05, 0) is 24.8 Å². The van der Waals surface area contributed by atoms with E-state index >= 15 is 0 Å². The second kappa shape index (κ2) is 6.80. The van der Waals surface area contributed by atoms with Crippen molar-refractivity contribution >= 4 is 16.9 Å². The zero-order valence-corrected chi connectivity index (χ0v) is 14.5. The number of aromatic nitrogens is 4. The minimum absolute atomic E-state index is 0.289. The van der Waals surface area contributed by atoms with Gasteiger partial charge in [0.05, 0.1) is 17.7 Å². The average Bonchev–Trinajstić information content (AvgIpc) is 3.01. The van der Waals surface area contributed by atoms with Crippen LogP contribution in [-0.4, -0.2) is 44.0 Å². The Balaban J connectivity index is 1.66. The summed E-state index contributed by atoms with van der Waals surface area (Å²) in [5.74, 6) is 1.73. The van der Waals surface area contributed by atoms with Crippen molar-refractivity contribution in [3.05, 3.63) is 47.9 Å². The molecule has 1 aliphatic heterocycles. The van der Waals surface area contributed by atoms with Crippen molar-refractivity contribution in [2.75, 3.05) is 18.0 Å². The fraction of sp³-hybridized carbons (Fsp3) is 0.421. The zero-order valence-electron chi connectivity index (χ0n) is 14.5. The molecule has 2 aromatic heterocycles. The van der Waals surface area contributed by atoms with Crippen molar-refractivity contribution in [3.63, 3.8) is 0 Å². The van der Waals surface area contributed by atoms with E-state index in [0.29, 0.717) is 6.54 Å². The first kappa shape index (κ1) is 16.0. The van der Waals surface area contributed by atoms with Crippen LogP contribution < -0.4 is 4.90 Å². The van der Waals surface area contributed by atoms with Gasteiger partial charge in [-0.3, -0.25) is 4.68 Å². The summed E-state index contributed by atoms with van der Waals surface area (Å²) in [6, 6.07) is 10.4. The van der Waals surface area contributed by atoms with Gasteiger partial charge in [0.25, 0.3) is 0 Å². The maximum Gasteiger partial charge on any atom is 0.163 e. The van der Waals surface area contributed by atoms with Crippen molar-refractivity contribution in [3.8, 4) is 0 Å². The van der Waals surface area contributed by atoms with E-state index in [1.807, 2.05) is 19.3 Å². The SMILES string of the molecule is Cn1ncc2c(N3CCC[C@@H](O)C3)nc(CCc3ccccc3)nc21. The number of anilines is 1. The van der Waals surface area contributed by atoms with Gasteiger partial charge < -0.3 is 10.0 Å². The highest BCUT2D eigenvalue weighted by atomic mass is 16.3. The minimum atomic E-state index is -0.289. The van der Waals surface area contributed by atoms with E-state index < -0.39 is 0 Å². The topological polar surface area (TPSA) is 67.1 Å². The molecule has 4 rings (SSSR count). The molecule has 1 aromatic carbocycles. The highest BCUT2D eigenvalue weighted by Crippen LogP contribution is 2.26. The number of β-amino-alcohol motifs (C(OH)–C–C–N with tert-alkyl or cyclic N) is 1. The molecule has 0 radical (unpaired) electrons. The normalized spacial score (nSPS) is 18.0. The molecule has 1 N–H and O–H groups in total. The second-order valence-corrected chi connectivity index (χ2v) is 6.70. The Morgan fingerprint density at radius 3 is 2.80 bits per heavy atom. The third-order valence-corrected chi connectivity index (χ3v) is 4.79. The number of aryl methyl sites for hydroxylation is 3. The standard InChI is InChI=1S/C19H23N5O/c1-23-18-16(12-20-23)19(24-11-5-8-15(25)13-24)22-17(21-18)10-9-14-6-3-2-4-7-14/h2-4,6-7,12,15,25H,5,8-11,13H2,1H3/t15-/m1/s1. The van der Waals surface area contributed by atoms with Gasteiger partial charge in [0.15, 0.2) is 5.65 Å². The lowest BCUT2D eigenvalue weighted by Gasteiger charge is -2.31. The summed E-state index contributed by atoms with van der Waals surface area (Å²) in [6.45, 7) is 1.54. The van der Waals surface area contributed by atoms with Crippen LogP contribution in [0.5, 0.6) is 0 Å². The molecule has 1 aliphatic rings. The molecule has 3 heterocycles. The number of benzene rings is 1. The fourth-order valence-electron chi connectivity index (χ4n) is 3.45. The largest absolute Gasteiger partial charge is 0.391 e. The van der Waals surface area contributed by atoms with Gasteiger partial charge in [0.2, 0.25) is 0 Å². The zero-order chi connectivity index (χ0) is 17.2. The van der Waals surface area contributed by atoms with Crippen molar-refractivity contribution in [2.24, 2.45) is 7.05 Å². The molecule has 3 aromatic rings. The first-order valence-electron chi connectivity index (χ1n) is 8.86. The maximum absolute atomic E-state index is 10.0. The number of hydrogen-bond donors (Lipinski definition) is 1. The van der Waals surface area contributed by atoms with Gasteiger partial charge >= 0.3 is 0 Å². The van der Waals surface area contributed by atoms with E-state index in [-0.39, 0.29) is 6.10 Å². The Morgan fingerprint density at radius 2 is 2.00 bits per heavy atom. The number of aliphatic hydroxyl groups is 1. The molecule has 6 heteroatoms. The Bertz CT molecular complexity index is 861. The molecule has 6 nitrogen and oxygen atoms in total. The monoisotopic (exact) mass is 337 g/mol. The van der Waals surface area contributed by atoms with E-state index in [0.717, 1.165) is 54.9 Å². The molecular weight excluding hydrogens is 314 g/mol. The summed E-state index contributed by atoms with van der Waals surface area (Å²) < 4.78 is 1.80. The Hall–Kier alpha value is -2.47. The Morgan fingerprint density at radius 1 is 1.16 bits per heavy atom. The molecule has 0 spiro atoms.